The highest BCUT2D eigenvalue weighted by Gasteiger charge is 2.34. The third-order valence-electron chi connectivity index (χ3n) is 3.55. The van der Waals surface area contributed by atoms with E-state index in [0.717, 1.165) is 23.1 Å². The number of hydrogen-bond donors (Lipinski definition) is 0. The third-order valence-corrected chi connectivity index (χ3v) is 5.11. The second kappa shape index (κ2) is 4.47. The molecule has 1 saturated carbocycles. The van der Waals surface area contributed by atoms with Gasteiger partial charge in [-0.25, -0.2) is 0 Å². The molecule has 1 aliphatic rings. The lowest BCUT2D eigenvalue weighted by Gasteiger charge is -2.28. The Balaban J connectivity index is 2.48. The lowest BCUT2D eigenvalue weighted by molar-refractivity contribution is -0.153. The van der Waals surface area contributed by atoms with Crippen molar-refractivity contribution in [1.29, 1.82) is 0 Å². The summed E-state index contributed by atoms with van der Waals surface area (Å²) in [6, 6.07) is 0. The smallest absolute Gasteiger partial charge is 0.308 e. The van der Waals surface area contributed by atoms with Gasteiger partial charge < -0.3 is 4.74 Å². The predicted molar refractivity (Wildman–Crippen MR) is 61.5 cm³/mol. The molecule has 0 saturated heterocycles. The average Bonchev–Trinajstić information content (AvgIpc) is 2.56. The van der Waals surface area contributed by atoms with E-state index in [1.807, 2.05) is 6.92 Å². The largest absolute Gasteiger partial charge is 0.462 e. The van der Waals surface area contributed by atoms with Crippen molar-refractivity contribution in [2.24, 2.45) is 5.92 Å². The lowest BCUT2D eigenvalue weighted by Crippen LogP contribution is -2.31. The molecule has 1 atom stereocenters. The van der Waals surface area contributed by atoms with Crippen LogP contribution in [0.2, 0.25) is 5.04 Å². The minimum Gasteiger partial charge on any atom is -0.462 e. The van der Waals surface area contributed by atoms with Crippen LogP contribution in [0.3, 0.4) is 0 Å². The van der Waals surface area contributed by atoms with Crippen molar-refractivity contribution in [3.63, 3.8) is 0 Å². The molecule has 1 rings (SSSR count). The van der Waals surface area contributed by atoms with Gasteiger partial charge in [0.25, 0.3) is 0 Å². The summed E-state index contributed by atoms with van der Waals surface area (Å²) in [6.07, 6.45) is 4.80. The summed E-state index contributed by atoms with van der Waals surface area (Å²) >= 11 is 0. The highest BCUT2D eigenvalue weighted by atomic mass is 28.1. The first kappa shape index (κ1) is 11.8. The van der Waals surface area contributed by atoms with Crippen LogP contribution < -0.4 is 0 Å². The maximum absolute atomic E-state index is 11.9. The molecule has 0 aromatic heterocycles. The van der Waals surface area contributed by atoms with Crippen LogP contribution in [0.4, 0.5) is 0 Å². The molecule has 0 bridgehead atoms. The first-order valence-corrected chi connectivity index (χ1v) is 6.65. The van der Waals surface area contributed by atoms with Crippen molar-refractivity contribution >= 4 is 16.2 Å². The fourth-order valence-electron chi connectivity index (χ4n) is 1.55. The highest BCUT2D eigenvalue weighted by molar-refractivity contribution is 6.26. The molecule has 0 aromatic rings. The molecule has 3 heteroatoms. The lowest BCUT2D eigenvalue weighted by atomic mass is 9.97. The summed E-state index contributed by atoms with van der Waals surface area (Å²) in [5, 5.41) is -0.206. The van der Waals surface area contributed by atoms with E-state index in [0.29, 0.717) is 5.92 Å². The Bertz CT molecular complexity index is 205. The molecule has 2 nitrogen and oxygen atoms in total. The third kappa shape index (κ3) is 2.59. The van der Waals surface area contributed by atoms with Gasteiger partial charge >= 0.3 is 5.97 Å². The van der Waals surface area contributed by atoms with Crippen LogP contribution in [-0.4, -0.2) is 22.3 Å². The molecule has 0 amide bonds. The summed E-state index contributed by atoms with van der Waals surface area (Å²) in [5.74, 6) is 0.425. The van der Waals surface area contributed by atoms with Gasteiger partial charge in [0.2, 0.25) is 0 Å². The minimum absolute atomic E-state index is 0.0334. The van der Waals surface area contributed by atoms with Gasteiger partial charge in [-0.2, -0.15) is 0 Å². The standard InChI is InChI=1S/C11H22O2Si/c1-8(2)11(3,14)10(12)13-9-6-4-5-7-9/h8-9H,4-7H2,1-3,14H3. The SMILES string of the molecule is CC(C)C(C)([SiH3])C(=O)OC1CCCC1. The van der Waals surface area contributed by atoms with Crippen LogP contribution in [0.15, 0.2) is 0 Å². The van der Waals surface area contributed by atoms with Crippen LogP contribution in [-0.2, 0) is 9.53 Å². The molecule has 0 radical (unpaired) electrons. The Kier molecular flexibility index (Phi) is 3.76. The molecule has 0 aliphatic heterocycles. The summed E-state index contributed by atoms with van der Waals surface area (Å²) in [5.41, 5.74) is 0. The maximum Gasteiger partial charge on any atom is 0.308 e. The zero-order valence-corrected chi connectivity index (χ0v) is 11.8. The van der Waals surface area contributed by atoms with Gasteiger partial charge in [0.05, 0.1) is 5.04 Å². The number of carbonyl (C=O) groups is 1. The van der Waals surface area contributed by atoms with E-state index in [1.54, 1.807) is 0 Å². The molecule has 0 aromatic carbocycles. The van der Waals surface area contributed by atoms with E-state index in [2.05, 4.69) is 13.8 Å². The average molecular weight is 214 g/mol. The number of ether oxygens (including phenoxy) is 1. The second-order valence-electron chi connectivity index (χ2n) is 5.19. The highest BCUT2D eigenvalue weighted by Crippen LogP contribution is 2.34. The second-order valence-corrected chi connectivity index (χ2v) is 7.27. The molecule has 82 valence electrons. The molecular weight excluding hydrogens is 192 g/mol. The molecular formula is C11H22O2Si. The van der Waals surface area contributed by atoms with Gasteiger partial charge in [0.15, 0.2) is 0 Å². The quantitative estimate of drug-likeness (QED) is 0.528. The molecule has 1 aliphatic carbocycles. The van der Waals surface area contributed by atoms with E-state index in [4.69, 9.17) is 4.74 Å². The van der Waals surface area contributed by atoms with Crippen molar-refractivity contribution in [3.05, 3.63) is 0 Å². The van der Waals surface area contributed by atoms with Crippen molar-refractivity contribution < 1.29 is 9.53 Å². The van der Waals surface area contributed by atoms with Gasteiger partial charge in [0.1, 0.15) is 6.10 Å². The number of carbonyl (C=O) groups excluding carboxylic acids is 1. The molecule has 0 spiro atoms. The van der Waals surface area contributed by atoms with Gasteiger partial charge in [-0.15, -0.1) is 0 Å². The molecule has 0 N–H and O–H groups in total. The van der Waals surface area contributed by atoms with Gasteiger partial charge in [-0.1, -0.05) is 20.8 Å². The van der Waals surface area contributed by atoms with Crippen molar-refractivity contribution in [1.82, 2.24) is 0 Å². The predicted octanol–water partition coefficient (Wildman–Crippen LogP) is 1.67. The fraction of sp³-hybridized carbons (Fsp3) is 0.909. The van der Waals surface area contributed by atoms with E-state index in [1.165, 1.54) is 12.8 Å². The van der Waals surface area contributed by atoms with Gasteiger partial charge in [0, 0.05) is 10.2 Å². The Morgan fingerprint density at radius 1 is 1.43 bits per heavy atom. The fourth-order valence-corrected chi connectivity index (χ4v) is 1.66. The Labute approximate surface area is 89.8 Å². The van der Waals surface area contributed by atoms with Crippen LogP contribution in [0.5, 0.6) is 0 Å². The van der Waals surface area contributed by atoms with Crippen LogP contribution >= 0.6 is 0 Å². The van der Waals surface area contributed by atoms with Crippen molar-refractivity contribution in [3.8, 4) is 0 Å². The normalized spacial score (nSPS) is 22.6. The van der Waals surface area contributed by atoms with E-state index >= 15 is 0 Å². The van der Waals surface area contributed by atoms with Crippen molar-refractivity contribution in [2.75, 3.05) is 0 Å². The molecule has 1 fully saturated rings. The maximum atomic E-state index is 11.9. The van der Waals surface area contributed by atoms with Gasteiger partial charge in [-0.3, -0.25) is 4.79 Å². The molecule has 14 heavy (non-hydrogen) atoms. The Hall–Kier alpha value is -0.313. The minimum atomic E-state index is -0.206. The first-order valence-electron chi connectivity index (χ1n) is 5.65. The van der Waals surface area contributed by atoms with Crippen LogP contribution in [0, 0.1) is 5.92 Å². The zero-order valence-electron chi connectivity index (χ0n) is 9.80. The summed E-state index contributed by atoms with van der Waals surface area (Å²) < 4.78 is 5.53. The Morgan fingerprint density at radius 3 is 2.36 bits per heavy atom. The number of hydrogen-bond acceptors (Lipinski definition) is 2. The molecule has 0 heterocycles. The number of rotatable bonds is 3. The van der Waals surface area contributed by atoms with E-state index in [-0.39, 0.29) is 17.1 Å². The van der Waals surface area contributed by atoms with E-state index < -0.39 is 0 Å². The first-order chi connectivity index (χ1) is 6.44. The van der Waals surface area contributed by atoms with Crippen LogP contribution in [0.1, 0.15) is 46.5 Å². The van der Waals surface area contributed by atoms with Crippen LogP contribution in [0.25, 0.3) is 0 Å². The zero-order chi connectivity index (χ0) is 10.8. The van der Waals surface area contributed by atoms with Crippen molar-refractivity contribution in [2.45, 2.75) is 57.6 Å². The van der Waals surface area contributed by atoms with E-state index in [9.17, 15) is 4.79 Å². The van der Waals surface area contributed by atoms with Gasteiger partial charge in [-0.05, 0) is 31.6 Å². The summed E-state index contributed by atoms with van der Waals surface area (Å²) in [7, 11) is 0.873. The molecule has 1 unspecified atom stereocenters. The monoisotopic (exact) mass is 214 g/mol. The Morgan fingerprint density at radius 2 is 1.93 bits per heavy atom. The summed E-state index contributed by atoms with van der Waals surface area (Å²) in [4.78, 5) is 11.9. The summed E-state index contributed by atoms with van der Waals surface area (Å²) in [6.45, 7) is 6.23. The topological polar surface area (TPSA) is 26.3 Å². The number of esters is 1.